The molecule has 0 unspecified atom stereocenters. The fourth-order valence-corrected chi connectivity index (χ4v) is 1.81. The number of aromatic nitrogens is 1. The fourth-order valence-electron chi connectivity index (χ4n) is 1.81. The van der Waals surface area contributed by atoms with Gasteiger partial charge in [-0.05, 0) is 24.5 Å². The van der Waals surface area contributed by atoms with E-state index in [-0.39, 0.29) is 11.9 Å². The van der Waals surface area contributed by atoms with Gasteiger partial charge in [-0.2, -0.15) is 0 Å². The Morgan fingerprint density at radius 3 is 2.52 bits per heavy atom. The number of esters is 1. The zero-order chi connectivity index (χ0) is 16.0. The second-order valence-corrected chi connectivity index (χ2v) is 5.36. The van der Waals surface area contributed by atoms with E-state index < -0.39 is 12.0 Å². The fraction of sp³-hybridized carbons (Fsp3) is 0.533. The van der Waals surface area contributed by atoms with Crippen LogP contribution in [-0.4, -0.2) is 42.1 Å². The van der Waals surface area contributed by atoms with Crippen LogP contribution in [0.3, 0.4) is 0 Å². The minimum absolute atomic E-state index is 0.0455. The monoisotopic (exact) mass is 293 g/mol. The topological polar surface area (TPSA) is 71.5 Å². The summed E-state index contributed by atoms with van der Waals surface area (Å²) < 4.78 is 4.70. The average molecular weight is 293 g/mol. The summed E-state index contributed by atoms with van der Waals surface area (Å²) in [6.45, 7) is 6.03. The number of pyridine rings is 1. The molecule has 0 saturated carbocycles. The number of carbonyl (C=O) groups excluding carboxylic acids is 2. The van der Waals surface area contributed by atoms with Crippen molar-refractivity contribution in [1.29, 1.82) is 0 Å². The third kappa shape index (κ3) is 5.06. The molecule has 1 heterocycles. The number of nitrogens with one attached hydrogen (secondary N) is 1. The second-order valence-electron chi connectivity index (χ2n) is 5.36. The third-order valence-corrected chi connectivity index (χ3v) is 3.14. The molecule has 6 heteroatoms. The molecule has 116 valence electrons. The van der Waals surface area contributed by atoms with Gasteiger partial charge in [0.15, 0.2) is 0 Å². The van der Waals surface area contributed by atoms with Crippen LogP contribution in [0.25, 0.3) is 0 Å². The first-order valence-electron chi connectivity index (χ1n) is 6.86. The molecular formula is C15H23N3O3. The highest BCUT2D eigenvalue weighted by atomic mass is 16.5. The van der Waals surface area contributed by atoms with Crippen LogP contribution in [0.15, 0.2) is 18.3 Å². The molecule has 0 aliphatic rings. The summed E-state index contributed by atoms with van der Waals surface area (Å²) in [7, 11) is 2.98. The quantitative estimate of drug-likeness (QED) is 0.839. The highest BCUT2D eigenvalue weighted by molar-refractivity contribution is 5.83. The number of aryl methyl sites for hydroxylation is 1. The van der Waals surface area contributed by atoms with Crippen LogP contribution in [0.2, 0.25) is 0 Å². The maximum atomic E-state index is 12.1. The van der Waals surface area contributed by atoms with E-state index in [0.717, 1.165) is 11.3 Å². The Bertz CT molecular complexity index is 485. The lowest BCUT2D eigenvalue weighted by Crippen LogP contribution is -2.49. The van der Waals surface area contributed by atoms with Gasteiger partial charge in [0.25, 0.3) is 0 Å². The van der Waals surface area contributed by atoms with E-state index in [1.54, 1.807) is 13.2 Å². The van der Waals surface area contributed by atoms with Crippen molar-refractivity contribution in [2.24, 2.45) is 5.92 Å². The Hall–Kier alpha value is -2.11. The SMILES string of the molecule is COC(=O)[C@@H](NC(=O)N(C)Cc1ccc(C)nc1)C(C)C. The van der Waals surface area contributed by atoms with Gasteiger partial charge in [-0.1, -0.05) is 19.9 Å². The van der Waals surface area contributed by atoms with Gasteiger partial charge in [0, 0.05) is 25.5 Å². The van der Waals surface area contributed by atoms with Crippen molar-refractivity contribution in [3.8, 4) is 0 Å². The number of amides is 2. The van der Waals surface area contributed by atoms with Crippen LogP contribution in [0.1, 0.15) is 25.1 Å². The number of methoxy groups -OCH3 is 1. The molecule has 0 aliphatic heterocycles. The normalized spacial score (nSPS) is 11.9. The summed E-state index contributed by atoms with van der Waals surface area (Å²) in [6.07, 6.45) is 1.74. The molecule has 1 aromatic heterocycles. The van der Waals surface area contributed by atoms with E-state index in [2.05, 4.69) is 10.3 Å². The smallest absolute Gasteiger partial charge is 0.328 e. The van der Waals surface area contributed by atoms with Crippen LogP contribution >= 0.6 is 0 Å². The van der Waals surface area contributed by atoms with Gasteiger partial charge in [-0.15, -0.1) is 0 Å². The first-order valence-corrected chi connectivity index (χ1v) is 6.86. The zero-order valence-corrected chi connectivity index (χ0v) is 13.2. The van der Waals surface area contributed by atoms with Crippen LogP contribution in [0.4, 0.5) is 4.79 Å². The number of urea groups is 1. The van der Waals surface area contributed by atoms with Crippen LogP contribution in [0, 0.1) is 12.8 Å². The Morgan fingerprint density at radius 2 is 2.05 bits per heavy atom. The molecule has 0 bridgehead atoms. The summed E-state index contributed by atoms with van der Waals surface area (Å²) in [5, 5.41) is 2.69. The number of rotatable bonds is 5. The molecule has 0 saturated heterocycles. The van der Waals surface area contributed by atoms with Gasteiger partial charge in [-0.25, -0.2) is 9.59 Å². The van der Waals surface area contributed by atoms with E-state index in [0.29, 0.717) is 6.54 Å². The lowest BCUT2D eigenvalue weighted by Gasteiger charge is -2.24. The predicted molar refractivity (Wildman–Crippen MR) is 79.6 cm³/mol. The highest BCUT2D eigenvalue weighted by Gasteiger charge is 2.26. The van der Waals surface area contributed by atoms with Gasteiger partial charge in [0.1, 0.15) is 6.04 Å². The molecule has 1 aromatic rings. The first kappa shape index (κ1) is 16.9. The standard InChI is InChI=1S/C15H23N3O3/c1-10(2)13(14(19)21-5)17-15(20)18(4)9-12-7-6-11(3)16-8-12/h6-8,10,13H,9H2,1-5H3,(H,17,20)/t13-/m0/s1. The Morgan fingerprint density at radius 1 is 1.38 bits per heavy atom. The molecule has 0 fully saturated rings. The van der Waals surface area contributed by atoms with E-state index in [4.69, 9.17) is 4.74 Å². The van der Waals surface area contributed by atoms with Crippen LogP contribution in [0.5, 0.6) is 0 Å². The van der Waals surface area contributed by atoms with Gasteiger partial charge in [-0.3, -0.25) is 4.98 Å². The van der Waals surface area contributed by atoms with Crippen molar-refractivity contribution in [3.05, 3.63) is 29.6 Å². The van der Waals surface area contributed by atoms with Crippen molar-refractivity contribution in [2.75, 3.05) is 14.2 Å². The van der Waals surface area contributed by atoms with Crippen LogP contribution < -0.4 is 5.32 Å². The van der Waals surface area contributed by atoms with Crippen molar-refractivity contribution in [1.82, 2.24) is 15.2 Å². The predicted octanol–water partition coefficient (Wildman–Crippen LogP) is 1.73. The molecule has 0 spiro atoms. The van der Waals surface area contributed by atoms with E-state index in [9.17, 15) is 9.59 Å². The molecule has 0 radical (unpaired) electrons. The average Bonchev–Trinajstić information content (AvgIpc) is 2.45. The van der Waals surface area contributed by atoms with Crippen molar-refractivity contribution in [3.63, 3.8) is 0 Å². The molecule has 1 N–H and O–H groups in total. The number of hydrogen-bond acceptors (Lipinski definition) is 4. The minimum atomic E-state index is -0.652. The summed E-state index contributed by atoms with van der Waals surface area (Å²) in [4.78, 5) is 29.5. The maximum Gasteiger partial charge on any atom is 0.328 e. The lowest BCUT2D eigenvalue weighted by molar-refractivity contribution is -0.144. The lowest BCUT2D eigenvalue weighted by atomic mass is 10.1. The van der Waals surface area contributed by atoms with Gasteiger partial charge >= 0.3 is 12.0 Å². The molecule has 0 aliphatic carbocycles. The van der Waals surface area contributed by atoms with E-state index in [1.165, 1.54) is 12.0 Å². The molecule has 0 aromatic carbocycles. The van der Waals surface area contributed by atoms with Gasteiger partial charge < -0.3 is 15.0 Å². The largest absolute Gasteiger partial charge is 0.467 e. The highest BCUT2D eigenvalue weighted by Crippen LogP contribution is 2.07. The van der Waals surface area contributed by atoms with Crippen molar-refractivity contribution < 1.29 is 14.3 Å². The van der Waals surface area contributed by atoms with Crippen molar-refractivity contribution >= 4 is 12.0 Å². The summed E-state index contributed by atoms with van der Waals surface area (Å²) in [6, 6.07) is 2.85. The molecule has 1 atom stereocenters. The first-order chi connectivity index (χ1) is 9.85. The Labute approximate surface area is 125 Å². The molecule has 1 rings (SSSR count). The molecule has 6 nitrogen and oxygen atoms in total. The van der Waals surface area contributed by atoms with Crippen LogP contribution in [-0.2, 0) is 16.1 Å². The summed E-state index contributed by atoms with van der Waals surface area (Å²) in [5.41, 5.74) is 1.86. The summed E-state index contributed by atoms with van der Waals surface area (Å²) >= 11 is 0. The van der Waals surface area contributed by atoms with E-state index >= 15 is 0 Å². The summed E-state index contributed by atoms with van der Waals surface area (Å²) in [5.74, 6) is -0.486. The van der Waals surface area contributed by atoms with Gasteiger partial charge in [0.2, 0.25) is 0 Å². The Balaban J connectivity index is 2.64. The van der Waals surface area contributed by atoms with Gasteiger partial charge in [0.05, 0.1) is 7.11 Å². The Kier molecular flexibility index (Phi) is 6.14. The third-order valence-electron chi connectivity index (χ3n) is 3.14. The minimum Gasteiger partial charge on any atom is -0.467 e. The zero-order valence-electron chi connectivity index (χ0n) is 13.2. The second kappa shape index (κ2) is 7.61. The number of ether oxygens (including phenoxy) is 1. The van der Waals surface area contributed by atoms with Crippen molar-refractivity contribution in [2.45, 2.75) is 33.4 Å². The number of nitrogens with zero attached hydrogens (tertiary/aromatic N) is 2. The molecule has 2 amide bonds. The number of hydrogen-bond donors (Lipinski definition) is 1. The van der Waals surface area contributed by atoms with E-state index in [1.807, 2.05) is 32.9 Å². The molecule has 21 heavy (non-hydrogen) atoms. The molecular weight excluding hydrogens is 270 g/mol. The maximum absolute atomic E-state index is 12.1. The number of carbonyl (C=O) groups is 2.